The van der Waals surface area contributed by atoms with E-state index in [1.165, 1.54) is 18.3 Å². The first kappa shape index (κ1) is 11.5. The summed E-state index contributed by atoms with van der Waals surface area (Å²) in [7, 11) is 0. The largest absolute Gasteiger partial charge is 0.477 e. The molecule has 0 unspecified atom stereocenters. The van der Waals surface area contributed by atoms with Gasteiger partial charge in [0.15, 0.2) is 0 Å². The van der Waals surface area contributed by atoms with E-state index >= 15 is 0 Å². The van der Waals surface area contributed by atoms with E-state index in [2.05, 4.69) is 4.98 Å². The van der Waals surface area contributed by atoms with Crippen LogP contribution in [0.25, 0.3) is 10.9 Å². The van der Waals surface area contributed by atoms with Crippen LogP contribution in [0, 0.1) is 5.82 Å². The molecule has 0 amide bonds. The minimum atomic E-state index is -3.91. The number of hydrogen-bond donors (Lipinski definition) is 2. The van der Waals surface area contributed by atoms with E-state index in [9.17, 15) is 18.0 Å². The van der Waals surface area contributed by atoms with Gasteiger partial charge in [0.2, 0.25) is 0 Å². The first-order chi connectivity index (χ1) is 7.92. The summed E-state index contributed by atoms with van der Waals surface area (Å²) in [5, 5.41) is 8.34. The summed E-state index contributed by atoms with van der Waals surface area (Å²) in [5.74, 6) is -6.78. The molecule has 0 radical (unpaired) electrons. The summed E-state index contributed by atoms with van der Waals surface area (Å²) in [5.41, 5.74) is 0.312. The number of aromatic nitrogens is 1. The number of carboxylic acid groups (broad SMARTS) is 1. The number of aliphatic carboxylic acids is 1. The molecule has 0 aliphatic heterocycles. The van der Waals surface area contributed by atoms with E-state index in [0.29, 0.717) is 5.52 Å². The van der Waals surface area contributed by atoms with E-state index in [1.807, 2.05) is 0 Å². The molecule has 90 valence electrons. The number of carbonyl (C=O) groups is 1. The van der Waals surface area contributed by atoms with Gasteiger partial charge in [-0.3, -0.25) is 0 Å². The molecule has 1 aromatic heterocycles. The van der Waals surface area contributed by atoms with Crippen molar-refractivity contribution in [3.63, 3.8) is 0 Å². The molecular formula is C11H8F3NO2. The molecule has 2 rings (SSSR count). The summed E-state index contributed by atoms with van der Waals surface area (Å²) < 4.78 is 39.5. The third kappa shape index (κ3) is 1.98. The number of rotatable bonds is 3. The molecule has 0 bridgehead atoms. The molecule has 0 saturated carbocycles. The molecule has 2 N–H and O–H groups in total. The number of aromatic amines is 1. The Morgan fingerprint density at radius 3 is 2.76 bits per heavy atom. The maximum Gasteiger partial charge on any atom is 0.374 e. The Morgan fingerprint density at radius 2 is 2.12 bits per heavy atom. The highest BCUT2D eigenvalue weighted by Crippen LogP contribution is 2.27. The van der Waals surface area contributed by atoms with Crippen LogP contribution in [0.4, 0.5) is 13.2 Å². The summed E-state index contributed by atoms with van der Waals surface area (Å²) in [6.07, 6.45) is 0.161. The zero-order chi connectivity index (χ0) is 12.6. The first-order valence-corrected chi connectivity index (χ1v) is 4.77. The number of H-pyrrole nitrogens is 1. The highest BCUT2D eigenvalue weighted by molar-refractivity contribution is 5.85. The van der Waals surface area contributed by atoms with Crippen molar-refractivity contribution < 1.29 is 23.1 Å². The standard InChI is InChI=1S/C11H8F3NO2/c12-7-2-1-3-8-9(7)6(5-15-8)4-11(13,14)10(16)17/h1-3,5,15H,4H2,(H,16,17). The molecule has 0 saturated heterocycles. The summed E-state index contributed by atoms with van der Waals surface area (Å²) in [6, 6.07) is 4.10. The fourth-order valence-electron chi connectivity index (χ4n) is 1.66. The van der Waals surface area contributed by atoms with Crippen molar-refractivity contribution in [3.05, 3.63) is 35.8 Å². The van der Waals surface area contributed by atoms with Crippen LogP contribution in [0.3, 0.4) is 0 Å². The van der Waals surface area contributed by atoms with Gasteiger partial charge in [-0.25, -0.2) is 9.18 Å². The Morgan fingerprint density at radius 1 is 1.41 bits per heavy atom. The van der Waals surface area contributed by atoms with Crippen LogP contribution in [-0.4, -0.2) is 22.0 Å². The number of halogens is 3. The van der Waals surface area contributed by atoms with Crippen molar-refractivity contribution in [1.29, 1.82) is 0 Å². The molecule has 0 aliphatic rings. The van der Waals surface area contributed by atoms with Crippen molar-refractivity contribution in [2.75, 3.05) is 0 Å². The summed E-state index contributed by atoms with van der Waals surface area (Å²) in [4.78, 5) is 12.9. The second-order valence-corrected chi connectivity index (χ2v) is 3.66. The number of hydrogen-bond acceptors (Lipinski definition) is 1. The van der Waals surface area contributed by atoms with Crippen LogP contribution < -0.4 is 0 Å². The van der Waals surface area contributed by atoms with Crippen molar-refractivity contribution in [2.45, 2.75) is 12.3 Å². The average Bonchev–Trinajstić information content (AvgIpc) is 2.62. The van der Waals surface area contributed by atoms with Gasteiger partial charge in [-0.1, -0.05) is 6.07 Å². The topological polar surface area (TPSA) is 53.1 Å². The molecule has 1 heterocycles. The molecule has 0 spiro atoms. The maximum atomic E-state index is 13.4. The lowest BCUT2D eigenvalue weighted by atomic mass is 10.1. The second-order valence-electron chi connectivity index (χ2n) is 3.66. The molecule has 1 aromatic carbocycles. The molecule has 0 atom stereocenters. The zero-order valence-electron chi connectivity index (χ0n) is 8.51. The van der Waals surface area contributed by atoms with Crippen LogP contribution in [0.1, 0.15) is 5.56 Å². The van der Waals surface area contributed by atoms with Crippen molar-refractivity contribution >= 4 is 16.9 Å². The highest BCUT2D eigenvalue weighted by Gasteiger charge is 2.39. The van der Waals surface area contributed by atoms with Gasteiger partial charge in [-0.2, -0.15) is 8.78 Å². The Kier molecular flexibility index (Phi) is 2.57. The monoisotopic (exact) mass is 243 g/mol. The normalized spacial score (nSPS) is 11.9. The van der Waals surface area contributed by atoms with E-state index in [0.717, 1.165) is 6.07 Å². The average molecular weight is 243 g/mol. The third-order valence-corrected chi connectivity index (χ3v) is 2.46. The SMILES string of the molecule is O=C(O)C(F)(F)Cc1c[nH]c2cccc(F)c12. The second kappa shape index (κ2) is 3.80. The molecular weight excluding hydrogens is 235 g/mol. The third-order valence-electron chi connectivity index (χ3n) is 2.46. The van der Waals surface area contributed by atoms with E-state index < -0.39 is 24.1 Å². The molecule has 0 fully saturated rings. The lowest BCUT2D eigenvalue weighted by Gasteiger charge is -2.09. The van der Waals surface area contributed by atoms with E-state index in [-0.39, 0.29) is 10.9 Å². The smallest absolute Gasteiger partial charge is 0.374 e. The Balaban J connectivity index is 2.47. The molecule has 0 aliphatic carbocycles. The van der Waals surface area contributed by atoms with Gasteiger partial charge in [-0.05, 0) is 17.7 Å². The fourth-order valence-corrected chi connectivity index (χ4v) is 1.66. The minimum Gasteiger partial charge on any atom is -0.477 e. The quantitative estimate of drug-likeness (QED) is 0.870. The van der Waals surface area contributed by atoms with Crippen LogP contribution >= 0.6 is 0 Å². The molecule has 17 heavy (non-hydrogen) atoms. The van der Waals surface area contributed by atoms with Crippen LogP contribution in [0.5, 0.6) is 0 Å². The van der Waals surface area contributed by atoms with E-state index in [4.69, 9.17) is 5.11 Å². The number of benzene rings is 1. The predicted octanol–water partition coefficient (Wildman–Crippen LogP) is 2.57. The zero-order valence-corrected chi connectivity index (χ0v) is 8.51. The fraction of sp³-hybridized carbons (Fsp3) is 0.182. The van der Waals surface area contributed by atoms with Gasteiger partial charge >= 0.3 is 11.9 Å². The van der Waals surface area contributed by atoms with Crippen LogP contribution in [0.2, 0.25) is 0 Å². The van der Waals surface area contributed by atoms with Crippen LogP contribution in [0.15, 0.2) is 24.4 Å². The van der Waals surface area contributed by atoms with Crippen molar-refractivity contribution in [2.24, 2.45) is 0 Å². The minimum absolute atomic E-state index is 0.00780. The van der Waals surface area contributed by atoms with Gasteiger partial charge < -0.3 is 10.1 Å². The van der Waals surface area contributed by atoms with E-state index in [1.54, 1.807) is 0 Å². The summed E-state index contributed by atoms with van der Waals surface area (Å²) in [6.45, 7) is 0. The van der Waals surface area contributed by atoms with Gasteiger partial charge in [0.1, 0.15) is 5.82 Å². The lowest BCUT2D eigenvalue weighted by molar-refractivity contribution is -0.164. The maximum absolute atomic E-state index is 13.4. The summed E-state index contributed by atoms with van der Waals surface area (Å²) >= 11 is 0. The number of nitrogens with one attached hydrogen (secondary N) is 1. The van der Waals surface area contributed by atoms with Gasteiger partial charge in [0.05, 0.1) is 6.42 Å². The van der Waals surface area contributed by atoms with Gasteiger partial charge in [0, 0.05) is 17.1 Å². The Labute approximate surface area is 93.9 Å². The van der Waals surface area contributed by atoms with Crippen molar-refractivity contribution in [3.8, 4) is 0 Å². The molecule has 3 nitrogen and oxygen atoms in total. The highest BCUT2D eigenvalue weighted by atomic mass is 19.3. The molecule has 6 heteroatoms. The Bertz CT molecular complexity index is 577. The number of alkyl halides is 2. The molecule has 2 aromatic rings. The van der Waals surface area contributed by atoms with Crippen molar-refractivity contribution in [1.82, 2.24) is 4.98 Å². The number of carboxylic acids is 1. The first-order valence-electron chi connectivity index (χ1n) is 4.77. The Hall–Kier alpha value is -1.98. The van der Waals surface area contributed by atoms with Gasteiger partial charge in [0.25, 0.3) is 0 Å². The lowest BCUT2D eigenvalue weighted by Crippen LogP contribution is -2.30. The van der Waals surface area contributed by atoms with Crippen LogP contribution in [-0.2, 0) is 11.2 Å². The van der Waals surface area contributed by atoms with Gasteiger partial charge in [-0.15, -0.1) is 0 Å². The predicted molar refractivity (Wildman–Crippen MR) is 54.5 cm³/mol. The number of fused-ring (bicyclic) bond motifs is 1.